The lowest BCUT2D eigenvalue weighted by Crippen LogP contribution is -2.50. The summed E-state index contributed by atoms with van der Waals surface area (Å²) in [5.74, 6) is 1.07. The number of likely N-dealkylation sites (tertiary alicyclic amines) is 1. The Kier molecular flexibility index (Phi) is 7.85. The lowest BCUT2D eigenvalue weighted by molar-refractivity contribution is -0.119. The zero-order chi connectivity index (χ0) is 22.3. The number of anilines is 1. The van der Waals surface area contributed by atoms with Crippen LogP contribution in [0.15, 0.2) is 48.5 Å². The Morgan fingerprint density at radius 3 is 2.47 bits per heavy atom. The van der Waals surface area contributed by atoms with E-state index >= 15 is 0 Å². The highest BCUT2D eigenvalue weighted by atomic mass is 79.9. The first-order valence-corrected chi connectivity index (χ1v) is 12.8. The van der Waals surface area contributed by atoms with Gasteiger partial charge in [-0.15, -0.1) is 0 Å². The van der Waals surface area contributed by atoms with Crippen LogP contribution in [0.1, 0.15) is 54.4 Å². The van der Waals surface area contributed by atoms with Gasteiger partial charge in [0.1, 0.15) is 5.75 Å². The Morgan fingerprint density at radius 2 is 1.72 bits per heavy atom. The lowest BCUT2D eigenvalue weighted by Gasteiger charge is -2.41. The molecule has 0 saturated carbocycles. The SMILES string of the molecule is O=C(c1ccc(OCCCCCBr)cc1)N1CCC(N2C(=O)CCc3ccccc32)CC1. The Hall–Kier alpha value is -2.34. The fourth-order valence-corrected chi connectivity index (χ4v) is 5.02. The number of aryl methyl sites for hydroxylation is 1. The predicted octanol–water partition coefficient (Wildman–Crippen LogP) is 5.21. The second-order valence-electron chi connectivity index (χ2n) is 8.54. The maximum atomic E-state index is 13.0. The van der Waals surface area contributed by atoms with Gasteiger partial charge in [0.25, 0.3) is 5.91 Å². The van der Waals surface area contributed by atoms with Crippen LogP contribution < -0.4 is 9.64 Å². The standard InChI is InChI=1S/C26H31BrN2O3/c27-16-4-1-5-19-32-23-11-8-21(9-12-23)26(31)28-17-14-22(15-18-28)29-24-7-3-2-6-20(24)10-13-25(29)30/h2-3,6-9,11-12,22H,1,4-5,10,13-19H2. The van der Waals surface area contributed by atoms with Gasteiger partial charge in [0.15, 0.2) is 0 Å². The van der Waals surface area contributed by atoms with Crippen molar-refractivity contribution in [2.75, 3.05) is 29.9 Å². The molecule has 2 aliphatic rings. The van der Waals surface area contributed by atoms with E-state index in [4.69, 9.17) is 4.74 Å². The first-order chi connectivity index (χ1) is 15.7. The number of para-hydroxylation sites is 1. The number of halogens is 1. The number of piperidine rings is 1. The van der Waals surface area contributed by atoms with Crippen LogP contribution in [0.2, 0.25) is 0 Å². The molecule has 1 saturated heterocycles. The molecule has 5 nitrogen and oxygen atoms in total. The van der Waals surface area contributed by atoms with Gasteiger partial charge in [-0.1, -0.05) is 34.1 Å². The van der Waals surface area contributed by atoms with Crippen molar-refractivity contribution >= 4 is 33.4 Å². The number of nitrogens with zero attached hydrogens (tertiary/aromatic N) is 2. The molecule has 0 aliphatic carbocycles. The van der Waals surface area contributed by atoms with Crippen LogP contribution in [-0.2, 0) is 11.2 Å². The molecule has 4 rings (SSSR count). The molecule has 0 bridgehead atoms. The van der Waals surface area contributed by atoms with Gasteiger partial charge < -0.3 is 14.5 Å². The molecular weight excluding hydrogens is 468 g/mol. The predicted molar refractivity (Wildman–Crippen MR) is 131 cm³/mol. The lowest BCUT2D eigenvalue weighted by atomic mass is 9.95. The average molecular weight is 499 g/mol. The number of benzene rings is 2. The Balaban J connectivity index is 1.31. The summed E-state index contributed by atoms with van der Waals surface area (Å²) in [6, 6.07) is 15.8. The van der Waals surface area contributed by atoms with Crippen molar-refractivity contribution in [2.24, 2.45) is 0 Å². The molecule has 1 fully saturated rings. The van der Waals surface area contributed by atoms with Crippen LogP contribution in [0.5, 0.6) is 5.75 Å². The highest BCUT2D eigenvalue weighted by molar-refractivity contribution is 9.09. The molecule has 0 spiro atoms. The van der Waals surface area contributed by atoms with Crippen LogP contribution in [0.25, 0.3) is 0 Å². The summed E-state index contributed by atoms with van der Waals surface area (Å²) in [5.41, 5.74) is 2.99. The second kappa shape index (κ2) is 11.0. The molecule has 6 heteroatoms. The van der Waals surface area contributed by atoms with Crippen molar-refractivity contribution in [1.82, 2.24) is 4.90 Å². The van der Waals surface area contributed by atoms with Crippen LogP contribution in [0, 0.1) is 0 Å². The smallest absolute Gasteiger partial charge is 0.253 e. The van der Waals surface area contributed by atoms with Crippen molar-refractivity contribution in [1.29, 1.82) is 0 Å². The largest absolute Gasteiger partial charge is 0.494 e. The molecule has 2 amide bonds. The van der Waals surface area contributed by atoms with E-state index in [1.165, 1.54) is 5.56 Å². The number of amides is 2. The highest BCUT2D eigenvalue weighted by Gasteiger charge is 2.33. The van der Waals surface area contributed by atoms with Gasteiger partial charge >= 0.3 is 0 Å². The molecule has 170 valence electrons. The molecule has 2 aromatic rings. The molecule has 0 atom stereocenters. The highest BCUT2D eigenvalue weighted by Crippen LogP contribution is 2.32. The number of alkyl halides is 1. The third-order valence-corrected chi connectivity index (χ3v) is 6.95. The van der Waals surface area contributed by atoms with Crippen LogP contribution >= 0.6 is 15.9 Å². The summed E-state index contributed by atoms with van der Waals surface area (Å²) in [5, 5.41) is 1.03. The molecule has 0 unspecified atom stereocenters. The Bertz CT molecular complexity index is 923. The van der Waals surface area contributed by atoms with Crippen molar-refractivity contribution in [3.8, 4) is 5.75 Å². The van der Waals surface area contributed by atoms with E-state index in [-0.39, 0.29) is 17.9 Å². The normalized spacial score (nSPS) is 16.7. The molecule has 0 N–H and O–H groups in total. The van der Waals surface area contributed by atoms with Crippen molar-refractivity contribution in [3.05, 3.63) is 59.7 Å². The zero-order valence-corrected chi connectivity index (χ0v) is 20.1. The van der Waals surface area contributed by atoms with Gasteiger partial charge in [-0.3, -0.25) is 9.59 Å². The summed E-state index contributed by atoms with van der Waals surface area (Å²) in [6.45, 7) is 2.04. The summed E-state index contributed by atoms with van der Waals surface area (Å²) >= 11 is 3.44. The van der Waals surface area contributed by atoms with E-state index in [0.717, 1.165) is 55.3 Å². The minimum atomic E-state index is 0.0534. The average Bonchev–Trinajstić information content (AvgIpc) is 2.84. The van der Waals surface area contributed by atoms with Crippen molar-refractivity contribution < 1.29 is 14.3 Å². The number of unbranched alkanes of at least 4 members (excludes halogenated alkanes) is 2. The van der Waals surface area contributed by atoms with Crippen LogP contribution in [0.3, 0.4) is 0 Å². The van der Waals surface area contributed by atoms with Crippen LogP contribution in [-0.4, -0.2) is 47.8 Å². The number of hydrogen-bond donors (Lipinski definition) is 0. The fraction of sp³-hybridized carbons (Fsp3) is 0.462. The summed E-state index contributed by atoms with van der Waals surface area (Å²) < 4.78 is 5.78. The summed E-state index contributed by atoms with van der Waals surface area (Å²) in [7, 11) is 0. The van der Waals surface area contributed by atoms with E-state index < -0.39 is 0 Å². The molecule has 2 heterocycles. The number of rotatable bonds is 8. The molecular formula is C26H31BrN2O3. The van der Waals surface area contributed by atoms with Crippen molar-refractivity contribution in [2.45, 2.75) is 51.0 Å². The maximum absolute atomic E-state index is 13.0. The number of hydrogen-bond acceptors (Lipinski definition) is 3. The number of carbonyl (C=O) groups is 2. The first-order valence-electron chi connectivity index (χ1n) is 11.7. The second-order valence-corrected chi connectivity index (χ2v) is 9.33. The minimum Gasteiger partial charge on any atom is -0.494 e. The molecule has 2 aliphatic heterocycles. The van der Waals surface area contributed by atoms with E-state index in [0.29, 0.717) is 31.7 Å². The molecule has 32 heavy (non-hydrogen) atoms. The minimum absolute atomic E-state index is 0.0534. The fourth-order valence-electron chi connectivity index (χ4n) is 4.62. The van der Waals surface area contributed by atoms with Crippen LogP contribution in [0.4, 0.5) is 5.69 Å². The van der Waals surface area contributed by atoms with Gasteiger partial charge in [-0.2, -0.15) is 0 Å². The topological polar surface area (TPSA) is 49.9 Å². The van der Waals surface area contributed by atoms with Gasteiger partial charge in [-0.05, 0) is 74.4 Å². The number of ether oxygens (including phenoxy) is 1. The molecule has 0 aromatic heterocycles. The monoisotopic (exact) mass is 498 g/mol. The molecule has 0 radical (unpaired) electrons. The quantitative estimate of drug-likeness (QED) is 0.370. The van der Waals surface area contributed by atoms with E-state index in [9.17, 15) is 9.59 Å². The summed E-state index contributed by atoms with van der Waals surface area (Å²) in [6.07, 6.45) is 6.34. The number of carbonyl (C=O) groups excluding carboxylic acids is 2. The van der Waals surface area contributed by atoms with Gasteiger partial charge in [0, 0.05) is 42.1 Å². The third kappa shape index (κ3) is 5.34. The maximum Gasteiger partial charge on any atom is 0.253 e. The molecule has 2 aromatic carbocycles. The zero-order valence-electron chi connectivity index (χ0n) is 18.5. The van der Waals surface area contributed by atoms with E-state index in [2.05, 4.69) is 28.1 Å². The van der Waals surface area contributed by atoms with Gasteiger partial charge in [0.05, 0.1) is 6.61 Å². The van der Waals surface area contributed by atoms with Gasteiger partial charge in [-0.25, -0.2) is 0 Å². The van der Waals surface area contributed by atoms with E-state index in [1.807, 2.05) is 46.2 Å². The Labute approximate surface area is 198 Å². The summed E-state index contributed by atoms with van der Waals surface area (Å²) in [4.78, 5) is 29.6. The van der Waals surface area contributed by atoms with Gasteiger partial charge in [0.2, 0.25) is 5.91 Å². The third-order valence-electron chi connectivity index (χ3n) is 6.39. The Morgan fingerprint density at radius 1 is 0.969 bits per heavy atom. The van der Waals surface area contributed by atoms with Crippen molar-refractivity contribution in [3.63, 3.8) is 0 Å². The number of fused-ring (bicyclic) bond motifs is 1. The first kappa shape index (κ1) is 22.8. The van der Waals surface area contributed by atoms with E-state index in [1.54, 1.807) is 0 Å².